The number of benzene rings is 1. The first kappa shape index (κ1) is 12.9. The number of hydrogen-bond donors (Lipinski definition) is 2. The average Bonchev–Trinajstić information content (AvgIpc) is 2.89. The molecular formula is C13H16N4O2. The van der Waals surface area contributed by atoms with Crippen LogP contribution < -0.4 is 11.1 Å². The molecule has 2 rings (SSSR count). The number of hydrogen-bond acceptors (Lipinski definition) is 5. The Kier molecular flexibility index (Phi) is 3.70. The molecule has 0 spiro atoms. The zero-order valence-corrected chi connectivity index (χ0v) is 10.9. The predicted octanol–water partition coefficient (Wildman–Crippen LogP) is 1.57. The summed E-state index contributed by atoms with van der Waals surface area (Å²) in [6.45, 7) is 0.516. The Morgan fingerprint density at radius 2 is 2.21 bits per heavy atom. The number of nitrogens with two attached hydrogens (primary N) is 1. The van der Waals surface area contributed by atoms with Crippen LogP contribution >= 0.6 is 0 Å². The van der Waals surface area contributed by atoms with Crippen LogP contribution in [0.25, 0.3) is 0 Å². The topological polar surface area (TPSA) is 84.4 Å². The van der Waals surface area contributed by atoms with E-state index in [2.05, 4.69) is 10.5 Å². The van der Waals surface area contributed by atoms with Crippen molar-refractivity contribution in [2.45, 2.75) is 6.54 Å². The van der Waals surface area contributed by atoms with Crippen LogP contribution in [-0.2, 0) is 6.54 Å². The van der Waals surface area contributed by atoms with E-state index in [0.717, 1.165) is 11.4 Å². The van der Waals surface area contributed by atoms with Crippen LogP contribution in [0.4, 0.5) is 11.4 Å². The number of nitrogens with one attached hydrogen (secondary N) is 1. The molecule has 1 heterocycles. The average molecular weight is 260 g/mol. The van der Waals surface area contributed by atoms with Crippen molar-refractivity contribution in [2.75, 3.05) is 25.1 Å². The van der Waals surface area contributed by atoms with Crippen LogP contribution in [0.15, 0.2) is 35.1 Å². The molecule has 0 aliphatic rings. The van der Waals surface area contributed by atoms with E-state index >= 15 is 0 Å². The number of amides is 1. The Bertz CT molecular complexity index is 564. The maximum Gasteiger partial charge on any atom is 0.253 e. The van der Waals surface area contributed by atoms with Crippen molar-refractivity contribution in [1.82, 2.24) is 10.1 Å². The lowest BCUT2D eigenvalue weighted by Gasteiger charge is -2.13. The van der Waals surface area contributed by atoms with E-state index < -0.39 is 0 Å². The van der Waals surface area contributed by atoms with E-state index in [-0.39, 0.29) is 5.91 Å². The van der Waals surface area contributed by atoms with Crippen molar-refractivity contribution >= 4 is 17.3 Å². The first-order chi connectivity index (χ1) is 9.08. The molecule has 1 aromatic carbocycles. The second-order valence-electron chi connectivity index (χ2n) is 4.35. The minimum Gasteiger partial charge on any atom is -0.397 e. The third-order valence-electron chi connectivity index (χ3n) is 2.66. The fourth-order valence-electron chi connectivity index (χ4n) is 1.63. The highest BCUT2D eigenvalue weighted by molar-refractivity contribution is 5.95. The van der Waals surface area contributed by atoms with Gasteiger partial charge in [-0.25, -0.2) is 0 Å². The third kappa shape index (κ3) is 3.04. The number of nitrogen functional groups attached to an aromatic ring is 1. The molecule has 0 saturated heterocycles. The van der Waals surface area contributed by atoms with Crippen LogP contribution in [0.2, 0.25) is 0 Å². The summed E-state index contributed by atoms with van der Waals surface area (Å²) in [5.74, 6) is -0.0743. The molecule has 6 heteroatoms. The summed E-state index contributed by atoms with van der Waals surface area (Å²) in [7, 11) is 3.41. The lowest BCUT2D eigenvalue weighted by molar-refractivity contribution is 0.0827. The Balaban J connectivity index is 2.09. The fraction of sp³-hybridized carbons (Fsp3) is 0.231. The van der Waals surface area contributed by atoms with Crippen molar-refractivity contribution in [1.29, 1.82) is 0 Å². The number of carbonyl (C=O) groups excluding carboxylic acids is 1. The minimum absolute atomic E-state index is 0.0743. The van der Waals surface area contributed by atoms with Gasteiger partial charge in [0.25, 0.3) is 5.91 Å². The number of nitrogens with zero attached hydrogens (tertiary/aromatic N) is 2. The molecule has 0 aliphatic heterocycles. The summed E-state index contributed by atoms with van der Waals surface area (Å²) < 4.78 is 4.74. The van der Waals surface area contributed by atoms with E-state index in [9.17, 15) is 4.79 Å². The van der Waals surface area contributed by atoms with Gasteiger partial charge in [0.15, 0.2) is 0 Å². The quantitative estimate of drug-likeness (QED) is 0.815. The van der Waals surface area contributed by atoms with Crippen molar-refractivity contribution in [3.63, 3.8) is 0 Å². The molecule has 0 aliphatic carbocycles. The van der Waals surface area contributed by atoms with Gasteiger partial charge in [0, 0.05) is 25.7 Å². The van der Waals surface area contributed by atoms with E-state index in [0.29, 0.717) is 17.8 Å². The molecule has 6 nitrogen and oxygen atoms in total. The summed E-state index contributed by atoms with van der Waals surface area (Å²) in [5, 5.41) is 6.93. The van der Waals surface area contributed by atoms with Gasteiger partial charge in [-0.2, -0.15) is 0 Å². The lowest BCUT2D eigenvalue weighted by atomic mass is 10.1. The van der Waals surface area contributed by atoms with Gasteiger partial charge in [0.2, 0.25) is 0 Å². The zero-order valence-electron chi connectivity index (χ0n) is 10.9. The number of aromatic nitrogens is 1. The molecule has 0 radical (unpaired) electrons. The van der Waals surface area contributed by atoms with Crippen LogP contribution in [0.1, 0.15) is 16.1 Å². The summed E-state index contributed by atoms with van der Waals surface area (Å²) >= 11 is 0. The van der Waals surface area contributed by atoms with Crippen LogP contribution in [-0.4, -0.2) is 30.1 Å². The molecule has 1 aromatic heterocycles. The summed E-state index contributed by atoms with van der Waals surface area (Å²) in [4.78, 5) is 13.3. The van der Waals surface area contributed by atoms with E-state index in [1.54, 1.807) is 38.4 Å². The molecule has 0 unspecified atom stereocenters. The first-order valence-corrected chi connectivity index (χ1v) is 5.82. The monoisotopic (exact) mass is 260 g/mol. The fourth-order valence-corrected chi connectivity index (χ4v) is 1.63. The molecule has 1 amide bonds. The van der Waals surface area contributed by atoms with Crippen LogP contribution in [0.3, 0.4) is 0 Å². The first-order valence-electron chi connectivity index (χ1n) is 5.82. The molecule has 3 N–H and O–H groups in total. The summed E-state index contributed by atoms with van der Waals surface area (Å²) in [6.07, 6.45) is 1.51. The standard InChI is InChI=1S/C13H16N4O2/c1-17(2)13(18)9-3-4-12(11(14)7-9)15-8-10-5-6-19-16-10/h3-7,15H,8,14H2,1-2H3. The summed E-state index contributed by atoms with van der Waals surface area (Å²) in [5.41, 5.74) is 8.56. The Morgan fingerprint density at radius 1 is 1.42 bits per heavy atom. The molecule has 0 saturated carbocycles. The predicted molar refractivity (Wildman–Crippen MR) is 72.7 cm³/mol. The second-order valence-corrected chi connectivity index (χ2v) is 4.35. The van der Waals surface area contributed by atoms with Gasteiger partial charge in [0.05, 0.1) is 17.9 Å². The van der Waals surface area contributed by atoms with Gasteiger partial charge in [-0.3, -0.25) is 4.79 Å². The maximum atomic E-state index is 11.8. The zero-order chi connectivity index (χ0) is 13.8. The number of rotatable bonds is 4. The van der Waals surface area contributed by atoms with E-state index in [1.807, 2.05) is 0 Å². The minimum atomic E-state index is -0.0743. The highest BCUT2D eigenvalue weighted by atomic mass is 16.5. The number of anilines is 2. The SMILES string of the molecule is CN(C)C(=O)c1ccc(NCc2ccon2)c(N)c1. The van der Waals surface area contributed by atoms with Gasteiger partial charge in [-0.15, -0.1) is 0 Å². The van der Waals surface area contributed by atoms with Gasteiger partial charge in [-0.05, 0) is 18.2 Å². The maximum absolute atomic E-state index is 11.8. The van der Waals surface area contributed by atoms with Gasteiger partial charge < -0.3 is 20.5 Å². The lowest BCUT2D eigenvalue weighted by Crippen LogP contribution is -2.21. The van der Waals surface area contributed by atoms with Gasteiger partial charge in [-0.1, -0.05) is 5.16 Å². The molecule has 2 aromatic rings. The van der Waals surface area contributed by atoms with Crippen molar-refractivity contribution < 1.29 is 9.32 Å². The Morgan fingerprint density at radius 3 is 2.79 bits per heavy atom. The van der Waals surface area contributed by atoms with Gasteiger partial charge >= 0.3 is 0 Å². The molecule has 0 fully saturated rings. The molecule has 19 heavy (non-hydrogen) atoms. The largest absolute Gasteiger partial charge is 0.397 e. The van der Waals surface area contributed by atoms with E-state index in [1.165, 1.54) is 11.2 Å². The second kappa shape index (κ2) is 5.43. The van der Waals surface area contributed by atoms with Crippen molar-refractivity contribution in [3.8, 4) is 0 Å². The summed E-state index contributed by atoms with van der Waals surface area (Å²) in [6, 6.07) is 6.95. The van der Waals surface area contributed by atoms with Crippen LogP contribution in [0.5, 0.6) is 0 Å². The van der Waals surface area contributed by atoms with Crippen LogP contribution in [0, 0.1) is 0 Å². The highest BCUT2D eigenvalue weighted by Gasteiger charge is 2.10. The number of carbonyl (C=O) groups is 1. The molecule has 100 valence electrons. The smallest absolute Gasteiger partial charge is 0.253 e. The van der Waals surface area contributed by atoms with E-state index in [4.69, 9.17) is 10.3 Å². The van der Waals surface area contributed by atoms with Crippen molar-refractivity contribution in [3.05, 3.63) is 41.8 Å². The van der Waals surface area contributed by atoms with Crippen molar-refractivity contribution in [2.24, 2.45) is 0 Å². The highest BCUT2D eigenvalue weighted by Crippen LogP contribution is 2.21. The third-order valence-corrected chi connectivity index (χ3v) is 2.66. The van der Waals surface area contributed by atoms with Gasteiger partial charge in [0.1, 0.15) is 12.0 Å². The normalized spacial score (nSPS) is 10.2. The molecule has 0 bridgehead atoms. The molecular weight excluding hydrogens is 244 g/mol. The Hall–Kier alpha value is -2.50. The Labute approximate surface area is 111 Å². The molecule has 0 atom stereocenters.